The van der Waals surface area contributed by atoms with Crippen molar-refractivity contribution in [2.24, 2.45) is 5.92 Å². The monoisotopic (exact) mass is 276 g/mol. The van der Waals surface area contributed by atoms with Crippen molar-refractivity contribution in [3.63, 3.8) is 0 Å². The number of non-ortho nitro benzene ring substituents is 1. The number of nitrogens with one attached hydrogen (secondary N) is 1. The molecule has 2 atom stereocenters. The minimum Gasteiger partial charge on any atom is -0.353 e. The van der Waals surface area contributed by atoms with Crippen LogP contribution in [0.4, 0.5) is 5.69 Å². The first-order valence-electron chi connectivity index (χ1n) is 7.09. The summed E-state index contributed by atoms with van der Waals surface area (Å²) in [5.74, 6) is 0.530. The van der Waals surface area contributed by atoms with Crippen molar-refractivity contribution in [2.45, 2.75) is 45.1 Å². The standard InChI is InChI=1S/C15H20N2O3/c1-11-4-2-3-5-14(11)16-15(18)10-12-6-8-13(9-7-12)17(19)20/h6-9,11,14H,2-5,10H2,1H3,(H,16,18)/t11-,14-/m1/s1. The Bertz CT molecular complexity index is 484. The fourth-order valence-corrected chi connectivity index (χ4v) is 2.71. The summed E-state index contributed by atoms with van der Waals surface area (Å²) in [7, 11) is 0. The second-order valence-electron chi connectivity index (χ2n) is 5.54. The van der Waals surface area contributed by atoms with Gasteiger partial charge in [-0.05, 0) is 24.3 Å². The van der Waals surface area contributed by atoms with Crippen molar-refractivity contribution in [1.82, 2.24) is 5.32 Å². The van der Waals surface area contributed by atoms with Gasteiger partial charge in [-0.3, -0.25) is 14.9 Å². The zero-order valence-corrected chi connectivity index (χ0v) is 11.7. The second kappa shape index (κ2) is 6.50. The Morgan fingerprint density at radius 2 is 1.95 bits per heavy atom. The molecule has 1 aliphatic rings. The molecule has 5 nitrogen and oxygen atoms in total. The van der Waals surface area contributed by atoms with E-state index in [2.05, 4.69) is 12.2 Å². The fraction of sp³-hybridized carbons (Fsp3) is 0.533. The van der Waals surface area contributed by atoms with Crippen LogP contribution in [0.2, 0.25) is 0 Å². The molecule has 0 unspecified atom stereocenters. The molecule has 1 amide bonds. The molecule has 20 heavy (non-hydrogen) atoms. The van der Waals surface area contributed by atoms with Gasteiger partial charge in [-0.1, -0.05) is 31.9 Å². The molecule has 0 saturated heterocycles. The van der Waals surface area contributed by atoms with E-state index in [9.17, 15) is 14.9 Å². The van der Waals surface area contributed by atoms with Gasteiger partial charge in [0.1, 0.15) is 0 Å². The van der Waals surface area contributed by atoms with Crippen LogP contribution in [0.1, 0.15) is 38.2 Å². The average molecular weight is 276 g/mol. The molecule has 1 fully saturated rings. The highest BCUT2D eigenvalue weighted by Crippen LogP contribution is 2.23. The van der Waals surface area contributed by atoms with Crippen LogP contribution in [0.3, 0.4) is 0 Å². The maximum Gasteiger partial charge on any atom is 0.269 e. The van der Waals surface area contributed by atoms with Crippen LogP contribution in [-0.4, -0.2) is 16.9 Å². The number of nitro groups is 1. The van der Waals surface area contributed by atoms with Gasteiger partial charge < -0.3 is 5.32 Å². The topological polar surface area (TPSA) is 72.2 Å². The van der Waals surface area contributed by atoms with Crippen molar-refractivity contribution in [3.8, 4) is 0 Å². The van der Waals surface area contributed by atoms with Gasteiger partial charge in [0.15, 0.2) is 0 Å². The summed E-state index contributed by atoms with van der Waals surface area (Å²) in [6, 6.07) is 6.43. The number of hydrogen-bond acceptors (Lipinski definition) is 3. The van der Waals surface area contributed by atoms with Crippen LogP contribution in [0, 0.1) is 16.0 Å². The first kappa shape index (κ1) is 14.5. The number of amides is 1. The molecular formula is C15H20N2O3. The Morgan fingerprint density at radius 3 is 2.55 bits per heavy atom. The highest BCUT2D eigenvalue weighted by Gasteiger charge is 2.22. The van der Waals surface area contributed by atoms with Gasteiger partial charge in [-0.2, -0.15) is 0 Å². The molecule has 0 aromatic heterocycles. The smallest absolute Gasteiger partial charge is 0.269 e. The Morgan fingerprint density at radius 1 is 1.30 bits per heavy atom. The number of carbonyl (C=O) groups is 1. The predicted molar refractivity (Wildman–Crippen MR) is 76.4 cm³/mol. The third-order valence-corrected chi connectivity index (χ3v) is 3.97. The summed E-state index contributed by atoms with van der Waals surface area (Å²) in [6.07, 6.45) is 4.92. The van der Waals surface area contributed by atoms with E-state index in [4.69, 9.17) is 0 Å². The number of rotatable bonds is 4. The van der Waals surface area contributed by atoms with Crippen LogP contribution in [0.25, 0.3) is 0 Å². The summed E-state index contributed by atoms with van der Waals surface area (Å²) in [6.45, 7) is 2.18. The van der Waals surface area contributed by atoms with Crippen molar-refractivity contribution in [2.75, 3.05) is 0 Å². The second-order valence-corrected chi connectivity index (χ2v) is 5.54. The Hall–Kier alpha value is -1.91. The maximum atomic E-state index is 12.0. The third-order valence-electron chi connectivity index (χ3n) is 3.97. The lowest BCUT2D eigenvalue weighted by Crippen LogP contribution is -2.41. The van der Waals surface area contributed by atoms with Crippen LogP contribution in [0.5, 0.6) is 0 Å². The van der Waals surface area contributed by atoms with E-state index < -0.39 is 4.92 Å². The molecule has 1 aromatic rings. The molecule has 0 spiro atoms. The summed E-state index contributed by atoms with van der Waals surface area (Å²) < 4.78 is 0. The number of nitrogens with zero attached hydrogens (tertiary/aromatic N) is 1. The van der Waals surface area contributed by atoms with Crippen molar-refractivity contribution in [1.29, 1.82) is 0 Å². The first-order chi connectivity index (χ1) is 9.56. The minimum absolute atomic E-state index is 0.00222. The SMILES string of the molecule is C[C@@H]1CCCC[C@H]1NC(=O)Cc1ccc([N+](=O)[O-])cc1. The molecule has 1 aromatic carbocycles. The van der Waals surface area contributed by atoms with Gasteiger partial charge in [0.25, 0.3) is 5.69 Å². The van der Waals surface area contributed by atoms with Gasteiger partial charge in [0.05, 0.1) is 11.3 Å². The number of benzene rings is 1. The Kier molecular flexibility index (Phi) is 4.71. The number of nitro benzene ring substituents is 1. The normalized spacial score (nSPS) is 22.2. The van der Waals surface area contributed by atoms with Gasteiger partial charge >= 0.3 is 0 Å². The average Bonchev–Trinajstić information content (AvgIpc) is 2.42. The molecule has 1 aliphatic carbocycles. The zero-order chi connectivity index (χ0) is 14.5. The molecule has 1 saturated carbocycles. The minimum atomic E-state index is -0.437. The lowest BCUT2D eigenvalue weighted by atomic mass is 9.86. The van der Waals surface area contributed by atoms with E-state index in [1.165, 1.54) is 31.4 Å². The van der Waals surface area contributed by atoms with Crippen LogP contribution in [-0.2, 0) is 11.2 Å². The van der Waals surface area contributed by atoms with E-state index in [0.717, 1.165) is 12.0 Å². The lowest BCUT2D eigenvalue weighted by Gasteiger charge is -2.29. The highest BCUT2D eigenvalue weighted by molar-refractivity contribution is 5.79. The number of hydrogen-bond donors (Lipinski definition) is 1. The third kappa shape index (κ3) is 3.79. The van der Waals surface area contributed by atoms with E-state index >= 15 is 0 Å². The van der Waals surface area contributed by atoms with Crippen molar-refractivity contribution < 1.29 is 9.72 Å². The van der Waals surface area contributed by atoms with Crippen LogP contribution >= 0.6 is 0 Å². The molecule has 5 heteroatoms. The Balaban J connectivity index is 1.89. The van der Waals surface area contributed by atoms with E-state index in [-0.39, 0.29) is 24.1 Å². The maximum absolute atomic E-state index is 12.0. The molecule has 0 bridgehead atoms. The lowest BCUT2D eigenvalue weighted by molar-refractivity contribution is -0.384. The molecule has 108 valence electrons. The Labute approximate surface area is 118 Å². The number of carbonyl (C=O) groups excluding carboxylic acids is 1. The summed E-state index contributed by atoms with van der Waals surface area (Å²) in [5, 5.41) is 13.6. The van der Waals surface area contributed by atoms with Gasteiger partial charge in [-0.15, -0.1) is 0 Å². The summed E-state index contributed by atoms with van der Waals surface area (Å²) >= 11 is 0. The van der Waals surface area contributed by atoms with Crippen molar-refractivity contribution in [3.05, 3.63) is 39.9 Å². The quantitative estimate of drug-likeness (QED) is 0.679. The van der Waals surface area contributed by atoms with E-state index in [1.807, 2.05) is 0 Å². The zero-order valence-electron chi connectivity index (χ0n) is 11.7. The summed E-state index contributed by atoms with van der Waals surface area (Å²) in [4.78, 5) is 22.1. The van der Waals surface area contributed by atoms with Gasteiger partial charge in [0.2, 0.25) is 5.91 Å². The first-order valence-corrected chi connectivity index (χ1v) is 7.09. The fourth-order valence-electron chi connectivity index (χ4n) is 2.71. The molecule has 0 aliphatic heterocycles. The van der Waals surface area contributed by atoms with Crippen LogP contribution in [0.15, 0.2) is 24.3 Å². The largest absolute Gasteiger partial charge is 0.353 e. The van der Waals surface area contributed by atoms with Gasteiger partial charge in [-0.25, -0.2) is 0 Å². The molecule has 0 radical (unpaired) electrons. The van der Waals surface area contributed by atoms with Crippen LogP contribution < -0.4 is 5.32 Å². The molecular weight excluding hydrogens is 256 g/mol. The van der Waals surface area contributed by atoms with Gasteiger partial charge in [0, 0.05) is 18.2 Å². The molecule has 0 heterocycles. The molecule has 2 rings (SSSR count). The molecule has 1 N–H and O–H groups in total. The summed E-state index contributed by atoms with van der Waals surface area (Å²) in [5.41, 5.74) is 0.853. The van der Waals surface area contributed by atoms with Crippen molar-refractivity contribution >= 4 is 11.6 Å². The highest BCUT2D eigenvalue weighted by atomic mass is 16.6. The van der Waals surface area contributed by atoms with E-state index in [0.29, 0.717) is 5.92 Å². The predicted octanol–water partition coefficient (Wildman–Crippen LogP) is 2.83. The van der Waals surface area contributed by atoms with E-state index in [1.54, 1.807) is 12.1 Å².